The molecule has 130 valence electrons. The smallest absolute Gasteiger partial charge is 0.243 e. The van der Waals surface area contributed by atoms with Crippen molar-refractivity contribution in [3.05, 3.63) is 29.3 Å². The normalized spacial score (nSPS) is 14.9. The van der Waals surface area contributed by atoms with Crippen molar-refractivity contribution in [1.29, 1.82) is 0 Å². The Morgan fingerprint density at radius 1 is 1.08 bits per heavy atom. The summed E-state index contributed by atoms with van der Waals surface area (Å²) in [5, 5.41) is 5.41. The molecule has 6 heteroatoms. The molecule has 1 aromatic carbocycles. The van der Waals surface area contributed by atoms with Gasteiger partial charge in [0.2, 0.25) is 17.7 Å². The molecule has 1 aromatic rings. The first-order valence-corrected chi connectivity index (χ1v) is 8.38. The van der Waals surface area contributed by atoms with Gasteiger partial charge in [-0.1, -0.05) is 24.6 Å². The molecule has 0 spiro atoms. The number of anilines is 1. The second-order valence-corrected chi connectivity index (χ2v) is 6.22. The summed E-state index contributed by atoms with van der Waals surface area (Å²) in [5.74, 6) is -0.563. The maximum Gasteiger partial charge on any atom is 0.243 e. The molecule has 0 aromatic heterocycles. The van der Waals surface area contributed by atoms with Gasteiger partial charge in [-0.15, -0.1) is 0 Å². The van der Waals surface area contributed by atoms with Crippen LogP contribution in [0.15, 0.2) is 18.2 Å². The average Bonchev–Trinajstić information content (AvgIpc) is 2.74. The molecular formula is C18H25N3O3. The fourth-order valence-corrected chi connectivity index (χ4v) is 2.81. The standard InChI is InChI=1S/C18H25N3O3/c1-13-7-6-8-14(2)18(13)20-15(22)11-19-16(23)12-21-10-5-3-4-9-17(21)24/h6-8H,3-5,9-12H2,1-2H3,(H,19,23)(H,20,22). The van der Waals surface area contributed by atoms with Crippen molar-refractivity contribution in [2.75, 3.05) is 25.0 Å². The molecule has 1 fully saturated rings. The molecule has 0 radical (unpaired) electrons. The predicted molar refractivity (Wildman–Crippen MR) is 92.6 cm³/mol. The van der Waals surface area contributed by atoms with Crippen LogP contribution in [0.25, 0.3) is 0 Å². The lowest BCUT2D eigenvalue weighted by Gasteiger charge is -2.19. The van der Waals surface area contributed by atoms with Crippen molar-refractivity contribution in [2.45, 2.75) is 39.5 Å². The molecule has 1 aliphatic rings. The van der Waals surface area contributed by atoms with E-state index in [-0.39, 0.29) is 30.8 Å². The molecule has 24 heavy (non-hydrogen) atoms. The third kappa shape index (κ3) is 5.08. The van der Waals surface area contributed by atoms with Crippen LogP contribution in [-0.4, -0.2) is 42.3 Å². The van der Waals surface area contributed by atoms with Gasteiger partial charge < -0.3 is 15.5 Å². The summed E-state index contributed by atoms with van der Waals surface area (Å²) in [4.78, 5) is 37.4. The highest BCUT2D eigenvalue weighted by Crippen LogP contribution is 2.19. The SMILES string of the molecule is Cc1cccc(C)c1NC(=O)CNC(=O)CN1CCCCCC1=O. The minimum atomic E-state index is -0.304. The summed E-state index contributed by atoms with van der Waals surface area (Å²) in [6.07, 6.45) is 3.32. The largest absolute Gasteiger partial charge is 0.345 e. The number of amides is 3. The summed E-state index contributed by atoms with van der Waals surface area (Å²) in [7, 11) is 0. The van der Waals surface area contributed by atoms with Gasteiger partial charge in [-0.25, -0.2) is 0 Å². The first-order valence-electron chi connectivity index (χ1n) is 8.38. The van der Waals surface area contributed by atoms with Gasteiger partial charge in [0.15, 0.2) is 0 Å². The molecule has 0 atom stereocenters. The van der Waals surface area contributed by atoms with Crippen molar-refractivity contribution in [3.63, 3.8) is 0 Å². The molecule has 1 heterocycles. The maximum absolute atomic E-state index is 12.0. The van der Waals surface area contributed by atoms with Crippen LogP contribution in [0.2, 0.25) is 0 Å². The quantitative estimate of drug-likeness (QED) is 0.863. The molecule has 1 saturated heterocycles. The van der Waals surface area contributed by atoms with Crippen LogP contribution in [0.5, 0.6) is 0 Å². The van der Waals surface area contributed by atoms with Crippen LogP contribution in [0.4, 0.5) is 5.69 Å². The van der Waals surface area contributed by atoms with E-state index in [1.54, 1.807) is 4.90 Å². The van der Waals surface area contributed by atoms with Crippen molar-refractivity contribution < 1.29 is 14.4 Å². The summed E-state index contributed by atoms with van der Waals surface area (Å²) in [6.45, 7) is 4.38. The van der Waals surface area contributed by atoms with Crippen LogP contribution < -0.4 is 10.6 Å². The number of benzene rings is 1. The van der Waals surface area contributed by atoms with Crippen LogP contribution in [-0.2, 0) is 14.4 Å². The summed E-state index contributed by atoms with van der Waals surface area (Å²) in [6, 6.07) is 5.78. The van der Waals surface area contributed by atoms with E-state index in [2.05, 4.69) is 10.6 Å². The first kappa shape index (κ1) is 18.0. The van der Waals surface area contributed by atoms with E-state index in [4.69, 9.17) is 0 Å². The van der Waals surface area contributed by atoms with Gasteiger partial charge in [-0.05, 0) is 37.8 Å². The number of hydrogen-bond acceptors (Lipinski definition) is 3. The Hall–Kier alpha value is -2.37. The zero-order chi connectivity index (χ0) is 17.5. The fourth-order valence-electron chi connectivity index (χ4n) is 2.81. The molecule has 0 saturated carbocycles. The Kier molecular flexibility index (Phi) is 6.35. The molecule has 0 bridgehead atoms. The van der Waals surface area contributed by atoms with Gasteiger partial charge in [0.25, 0.3) is 0 Å². The highest BCUT2D eigenvalue weighted by molar-refractivity contribution is 5.96. The fraction of sp³-hybridized carbons (Fsp3) is 0.500. The lowest BCUT2D eigenvalue weighted by atomic mass is 10.1. The molecule has 0 unspecified atom stereocenters. The van der Waals surface area contributed by atoms with E-state index in [1.165, 1.54) is 0 Å². The molecular weight excluding hydrogens is 306 g/mol. The van der Waals surface area contributed by atoms with E-state index in [9.17, 15) is 14.4 Å². The summed E-state index contributed by atoms with van der Waals surface area (Å²) < 4.78 is 0. The lowest BCUT2D eigenvalue weighted by molar-refractivity contribution is -0.135. The maximum atomic E-state index is 12.0. The van der Waals surface area contributed by atoms with E-state index in [1.807, 2.05) is 32.0 Å². The number of hydrogen-bond donors (Lipinski definition) is 2. The van der Waals surface area contributed by atoms with E-state index in [0.29, 0.717) is 13.0 Å². The molecule has 1 aliphatic heterocycles. The van der Waals surface area contributed by atoms with Gasteiger partial charge in [0, 0.05) is 18.7 Å². The Morgan fingerprint density at radius 2 is 1.79 bits per heavy atom. The van der Waals surface area contributed by atoms with Crippen molar-refractivity contribution >= 4 is 23.4 Å². The Morgan fingerprint density at radius 3 is 2.50 bits per heavy atom. The Labute approximate surface area is 142 Å². The van der Waals surface area contributed by atoms with Gasteiger partial charge in [-0.3, -0.25) is 14.4 Å². The van der Waals surface area contributed by atoms with Gasteiger partial charge in [-0.2, -0.15) is 0 Å². The minimum absolute atomic E-state index is 0.0163. The molecule has 2 N–H and O–H groups in total. The first-order chi connectivity index (χ1) is 11.5. The number of rotatable bonds is 5. The van der Waals surface area contributed by atoms with Crippen molar-refractivity contribution in [1.82, 2.24) is 10.2 Å². The van der Waals surface area contributed by atoms with Gasteiger partial charge in [0.1, 0.15) is 0 Å². The Bertz CT molecular complexity index is 608. The van der Waals surface area contributed by atoms with E-state index in [0.717, 1.165) is 36.1 Å². The highest BCUT2D eigenvalue weighted by Gasteiger charge is 2.19. The third-order valence-corrected chi connectivity index (χ3v) is 4.20. The van der Waals surface area contributed by atoms with Crippen molar-refractivity contribution in [2.24, 2.45) is 0 Å². The summed E-state index contributed by atoms with van der Waals surface area (Å²) >= 11 is 0. The van der Waals surface area contributed by atoms with Gasteiger partial charge in [0.05, 0.1) is 13.1 Å². The van der Waals surface area contributed by atoms with Gasteiger partial charge >= 0.3 is 0 Å². The van der Waals surface area contributed by atoms with Crippen LogP contribution in [0, 0.1) is 13.8 Å². The third-order valence-electron chi connectivity index (χ3n) is 4.20. The van der Waals surface area contributed by atoms with E-state index >= 15 is 0 Å². The second kappa shape index (κ2) is 8.47. The number of likely N-dealkylation sites (tertiary alicyclic amines) is 1. The van der Waals surface area contributed by atoms with Crippen LogP contribution in [0.1, 0.15) is 36.8 Å². The zero-order valence-corrected chi connectivity index (χ0v) is 14.4. The van der Waals surface area contributed by atoms with Crippen molar-refractivity contribution in [3.8, 4) is 0 Å². The Balaban J connectivity index is 1.80. The average molecular weight is 331 g/mol. The number of para-hydroxylation sites is 1. The number of nitrogens with zero attached hydrogens (tertiary/aromatic N) is 1. The van der Waals surface area contributed by atoms with Crippen LogP contribution in [0.3, 0.4) is 0 Å². The number of carbonyl (C=O) groups is 3. The van der Waals surface area contributed by atoms with E-state index < -0.39 is 0 Å². The monoisotopic (exact) mass is 331 g/mol. The minimum Gasteiger partial charge on any atom is -0.345 e. The molecule has 6 nitrogen and oxygen atoms in total. The molecule has 2 rings (SSSR count). The van der Waals surface area contributed by atoms with Crippen LogP contribution >= 0.6 is 0 Å². The summed E-state index contributed by atoms with van der Waals surface area (Å²) in [5.41, 5.74) is 2.73. The molecule has 0 aliphatic carbocycles. The second-order valence-electron chi connectivity index (χ2n) is 6.22. The highest BCUT2D eigenvalue weighted by atomic mass is 16.2. The zero-order valence-electron chi connectivity index (χ0n) is 14.4. The lowest BCUT2D eigenvalue weighted by Crippen LogP contribution is -2.42. The number of aryl methyl sites for hydroxylation is 2. The topological polar surface area (TPSA) is 78.5 Å². The molecule has 3 amide bonds. The predicted octanol–water partition coefficient (Wildman–Crippen LogP) is 1.76. The number of carbonyl (C=O) groups excluding carboxylic acids is 3. The number of nitrogens with one attached hydrogen (secondary N) is 2.